The molecule has 5 rings (SSSR count). The molecule has 0 radical (unpaired) electrons. The van der Waals surface area contributed by atoms with Crippen LogP contribution in [0, 0.1) is 5.82 Å². The van der Waals surface area contributed by atoms with Gasteiger partial charge in [0.2, 0.25) is 0 Å². The lowest BCUT2D eigenvalue weighted by molar-refractivity contribution is -0.139. The lowest BCUT2D eigenvalue weighted by Crippen LogP contribution is -2.44. The average Bonchev–Trinajstić information content (AvgIpc) is 3.00. The zero-order chi connectivity index (χ0) is 32.3. The van der Waals surface area contributed by atoms with Gasteiger partial charge in [-0.25, -0.2) is 9.18 Å². The summed E-state index contributed by atoms with van der Waals surface area (Å²) in [7, 11) is 0. The number of nitrogens with one attached hydrogen (secondary N) is 1. The molecule has 8 nitrogen and oxygen atoms in total. The van der Waals surface area contributed by atoms with E-state index in [1.165, 1.54) is 18.2 Å². The fourth-order valence-electron chi connectivity index (χ4n) is 5.44. The number of aromatic nitrogens is 2. The topological polar surface area (TPSA) is 103 Å². The molecule has 236 valence electrons. The number of halogens is 5. The van der Waals surface area contributed by atoms with Gasteiger partial charge in [0.15, 0.2) is 0 Å². The Morgan fingerprint density at radius 3 is 2.56 bits per heavy atom. The average molecular weight is 646 g/mol. The van der Waals surface area contributed by atoms with Crippen LogP contribution in [-0.2, 0) is 30.5 Å². The molecule has 0 saturated heterocycles. The van der Waals surface area contributed by atoms with Crippen molar-refractivity contribution >= 4 is 17.6 Å². The molecule has 1 aliphatic heterocycles. The molecule has 13 heteroatoms. The zero-order valence-corrected chi connectivity index (χ0v) is 24.5. The van der Waals surface area contributed by atoms with Crippen molar-refractivity contribution in [3.63, 3.8) is 0 Å². The van der Waals surface area contributed by atoms with Crippen LogP contribution in [0.1, 0.15) is 41.1 Å². The molecule has 0 unspecified atom stereocenters. The summed E-state index contributed by atoms with van der Waals surface area (Å²) in [4.78, 5) is 38.6. The Kier molecular flexibility index (Phi) is 9.45. The van der Waals surface area contributed by atoms with E-state index in [9.17, 15) is 31.9 Å². The number of rotatable bonds is 10. The molecule has 1 aliphatic rings. The summed E-state index contributed by atoms with van der Waals surface area (Å²) in [6.45, 7) is -0.388. The van der Waals surface area contributed by atoms with Gasteiger partial charge in [0.1, 0.15) is 11.6 Å². The summed E-state index contributed by atoms with van der Waals surface area (Å²) >= 11 is 6.63. The van der Waals surface area contributed by atoms with E-state index in [-0.39, 0.29) is 47.9 Å². The van der Waals surface area contributed by atoms with Gasteiger partial charge in [-0.3, -0.25) is 18.7 Å². The van der Waals surface area contributed by atoms with Gasteiger partial charge in [0, 0.05) is 23.7 Å². The normalized spacial score (nSPS) is 14.6. The number of carboxylic acids is 1. The van der Waals surface area contributed by atoms with Crippen molar-refractivity contribution in [1.29, 1.82) is 0 Å². The van der Waals surface area contributed by atoms with E-state index in [1.54, 1.807) is 0 Å². The van der Waals surface area contributed by atoms with Crippen LogP contribution in [0.3, 0.4) is 0 Å². The van der Waals surface area contributed by atoms with Crippen molar-refractivity contribution < 1.29 is 32.2 Å². The quantitative estimate of drug-likeness (QED) is 0.170. The minimum atomic E-state index is -4.90. The molecule has 1 atom stereocenters. The number of benzene rings is 3. The number of aliphatic carboxylic acids is 1. The molecule has 0 aliphatic carbocycles. The highest BCUT2D eigenvalue weighted by molar-refractivity contribution is 6.34. The first-order chi connectivity index (χ1) is 21.5. The highest BCUT2D eigenvalue weighted by Gasteiger charge is 2.35. The number of hydrogen-bond acceptors (Lipinski definition) is 5. The van der Waals surface area contributed by atoms with Crippen LogP contribution in [0.25, 0.3) is 11.1 Å². The van der Waals surface area contributed by atoms with Crippen LogP contribution < -0.4 is 21.3 Å². The second-order valence-electron chi connectivity index (χ2n) is 10.6. The standard InChI is InChI=1S/C32H28ClF4N3O5/c33-29-21(8-3-11-27(29)45-15-5-12-28(41)42)22-16-39(17-23-24(32(35,36)37)9-4-10-25(23)34)31(44)40(30(22)43)18-26-20-7-2-1-6-19(20)13-14-38-26/h1-4,6-11,16,26,38H,5,12-15,17-18H2,(H,41,42)/t26-/m0/s1. The van der Waals surface area contributed by atoms with E-state index in [1.807, 2.05) is 24.3 Å². The maximum atomic E-state index is 14.9. The molecule has 0 bridgehead atoms. The lowest BCUT2D eigenvalue weighted by atomic mass is 9.94. The Morgan fingerprint density at radius 1 is 1.04 bits per heavy atom. The first kappa shape index (κ1) is 32.0. The van der Waals surface area contributed by atoms with Crippen molar-refractivity contribution in [2.24, 2.45) is 0 Å². The Morgan fingerprint density at radius 2 is 1.80 bits per heavy atom. The smallest absolute Gasteiger partial charge is 0.416 e. The molecular weight excluding hydrogens is 618 g/mol. The highest BCUT2D eigenvalue weighted by Crippen LogP contribution is 2.35. The number of carbonyl (C=O) groups is 1. The van der Waals surface area contributed by atoms with Crippen LogP contribution in [0.4, 0.5) is 17.6 Å². The van der Waals surface area contributed by atoms with E-state index in [0.717, 1.165) is 51.1 Å². The van der Waals surface area contributed by atoms with Gasteiger partial charge < -0.3 is 15.2 Å². The van der Waals surface area contributed by atoms with E-state index >= 15 is 0 Å². The zero-order valence-electron chi connectivity index (χ0n) is 23.7. The summed E-state index contributed by atoms with van der Waals surface area (Å²) in [5.41, 5.74) is -1.78. The third-order valence-corrected chi connectivity index (χ3v) is 8.01. The minimum Gasteiger partial charge on any atom is -0.492 e. The van der Waals surface area contributed by atoms with Crippen LogP contribution in [0.5, 0.6) is 5.75 Å². The van der Waals surface area contributed by atoms with Crippen molar-refractivity contribution in [1.82, 2.24) is 14.5 Å². The minimum absolute atomic E-state index is 0.0134. The fraction of sp³-hybridized carbons (Fsp3) is 0.281. The van der Waals surface area contributed by atoms with Crippen molar-refractivity contribution in [3.05, 3.63) is 121 Å². The Bertz CT molecular complexity index is 1850. The van der Waals surface area contributed by atoms with Crippen LogP contribution in [0.2, 0.25) is 5.02 Å². The molecule has 45 heavy (non-hydrogen) atoms. The van der Waals surface area contributed by atoms with Gasteiger partial charge in [-0.1, -0.05) is 54.1 Å². The highest BCUT2D eigenvalue weighted by atomic mass is 35.5. The predicted octanol–water partition coefficient (Wildman–Crippen LogP) is 5.67. The molecule has 0 amide bonds. The molecular formula is C32H28ClF4N3O5. The predicted molar refractivity (Wildman–Crippen MR) is 159 cm³/mol. The number of nitrogens with zero attached hydrogens (tertiary/aromatic N) is 2. The molecule has 4 aromatic rings. The summed E-state index contributed by atoms with van der Waals surface area (Å²) in [5.74, 6) is -2.02. The SMILES string of the molecule is O=C(O)CCCOc1cccc(-c2cn(Cc3c(F)cccc3C(F)(F)F)c(=O)n(C[C@@H]3NCCc4ccccc43)c2=O)c1Cl. The van der Waals surface area contributed by atoms with E-state index in [4.69, 9.17) is 21.4 Å². The molecule has 3 aromatic carbocycles. The molecule has 0 fully saturated rings. The van der Waals surface area contributed by atoms with Gasteiger partial charge >= 0.3 is 17.8 Å². The summed E-state index contributed by atoms with van der Waals surface area (Å²) < 4.78 is 63.9. The first-order valence-corrected chi connectivity index (χ1v) is 14.5. The summed E-state index contributed by atoms with van der Waals surface area (Å²) in [6.07, 6.45) is -3.04. The second kappa shape index (κ2) is 13.3. The van der Waals surface area contributed by atoms with Gasteiger partial charge in [-0.05, 0) is 48.7 Å². The number of alkyl halides is 3. The van der Waals surface area contributed by atoms with Gasteiger partial charge in [0.25, 0.3) is 5.56 Å². The number of hydrogen-bond donors (Lipinski definition) is 2. The maximum absolute atomic E-state index is 14.9. The Labute approximate surface area is 259 Å². The summed E-state index contributed by atoms with van der Waals surface area (Å²) in [6, 6.07) is 14.1. The number of carboxylic acid groups (broad SMARTS) is 1. The monoisotopic (exact) mass is 645 g/mol. The van der Waals surface area contributed by atoms with Crippen LogP contribution in [-0.4, -0.2) is 33.4 Å². The van der Waals surface area contributed by atoms with E-state index < -0.39 is 52.9 Å². The van der Waals surface area contributed by atoms with Crippen molar-refractivity contribution in [2.45, 2.75) is 44.6 Å². The second-order valence-corrected chi connectivity index (χ2v) is 10.9. The lowest BCUT2D eigenvalue weighted by Gasteiger charge is -2.27. The molecule has 1 aromatic heterocycles. The Balaban J connectivity index is 1.64. The van der Waals surface area contributed by atoms with Crippen molar-refractivity contribution in [2.75, 3.05) is 13.2 Å². The van der Waals surface area contributed by atoms with Crippen LogP contribution >= 0.6 is 11.6 Å². The van der Waals surface area contributed by atoms with Crippen LogP contribution in [0.15, 0.2) is 76.4 Å². The van der Waals surface area contributed by atoms with Gasteiger partial charge in [0.05, 0.1) is 41.9 Å². The Hall–Kier alpha value is -4.42. The van der Waals surface area contributed by atoms with E-state index in [2.05, 4.69) is 5.32 Å². The number of fused-ring (bicyclic) bond motifs is 1. The van der Waals surface area contributed by atoms with Gasteiger partial charge in [-0.2, -0.15) is 13.2 Å². The van der Waals surface area contributed by atoms with Gasteiger partial charge in [-0.15, -0.1) is 0 Å². The summed E-state index contributed by atoms with van der Waals surface area (Å²) in [5, 5.41) is 12.2. The molecule has 2 heterocycles. The van der Waals surface area contributed by atoms with Crippen molar-refractivity contribution in [3.8, 4) is 16.9 Å². The fourth-order valence-corrected chi connectivity index (χ4v) is 5.72. The first-order valence-electron chi connectivity index (χ1n) is 14.1. The molecule has 0 saturated carbocycles. The maximum Gasteiger partial charge on any atom is 0.416 e. The molecule has 2 N–H and O–H groups in total. The molecule has 0 spiro atoms. The van der Waals surface area contributed by atoms with E-state index in [0.29, 0.717) is 6.54 Å². The largest absolute Gasteiger partial charge is 0.492 e. The third-order valence-electron chi connectivity index (χ3n) is 7.62. The number of ether oxygens (including phenoxy) is 1. The third kappa shape index (κ3) is 6.97.